The number of amides is 1. The molecule has 5 nitrogen and oxygen atoms in total. The highest BCUT2D eigenvalue weighted by atomic mass is 19.4. The first-order chi connectivity index (χ1) is 13.2. The van der Waals surface area contributed by atoms with Gasteiger partial charge in [0.15, 0.2) is 5.96 Å². The second-order valence-electron chi connectivity index (χ2n) is 7.51. The number of nitrogens with zero attached hydrogens (tertiary/aromatic N) is 1. The average molecular weight is 398 g/mol. The first kappa shape index (κ1) is 22.0. The van der Waals surface area contributed by atoms with Crippen molar-refractivity contribution < 1.29 is 18.0 Å². The zero-order valence-electron chi connectivity index (χ0n) is 16.6. The van der Waals surface area contributed by atoms with Gasteiger partial charge in [-0.25, -0.2) is 0 Å². The molecule has 1 saturated carbocycles. The Morgan fingerprint density at radius 3 is 2.39 bits per heavy atom. The van der Waals surface area contributed by atoms with Crippen LogP contribution in [0, 0.1) is 5.92 Å². The topological polar surface area (TPSA) is 65.5 Å². The number of carbonyl (C=O) groups is 1. The first-order valence-electron chi connectivity index (χ1n) is 9.58. The smallest absolute Gasteiger partial charge is 0.356 e. The lowest BCUT2D eigenvalue weighted by Gasteiger charge is -2.43. The molecule has 0 bridgehead atoms. The van der Waals surface area contributed by atoms with Gasteiger partial charge in [0, 0.05) is 38.0 Å². The number of aliphatic imine (C=N–C) groups is 1. The van der Waals surface area contributed by atoms with E-state index in [2.05, 4.69) is 20.9 Å². The lowest BCUT2D eigenvalue weighted by atomic mass is 9.64. The zero-order chi connectivity index (χ0) is 20.8. The van der Waals surface area contributed by atoms with Crippen molar-refractivity contribution in [2.75, 3.05) is 26.7 Å². The van der Waals surface area contributed by atoms with Crippen molar-refractivity contribution in [2.45, 2.75) is 44.7 Å². The van der Waals surface area contributed by atoms with Crippen LogP contribution < -0.4 is 16.0 Å². The summed E-state index contributed by atoms with van der Waals surface area (Å²) in [4.78, 5) is 15.7. The maximum atomic E-state index is 13.1. The maximum Gasteiger partial charge on any atom is 0.416 e. The molecule has 8 heteroatoms. The predicted molar refractivity (Wildman–Crippen MR) is 104 cm³/mol. The third kappa shape index (κ3) is 5.62. The van der Waals surface area contributed by atoms with Crippen LogP contribution in [0.5, 0.6) is 0 Å². The molecule has 0 atom stereocenters. The van der Waals surface area contributed by atoms with E-state index in [1.165, 1.54) is 12.1 Å². The molecule has 0 unspecified atom stereocenters. The summed E-state index contributed by atoms with van der Waals surface area (Å²) in [6, 6.07) is 5.62. The molecule has 1 amide bonds. The van der Waals surface area contributed by atoms with E-state index in [1.807, 2.05) is 13.8 Å². The zero-order valence-corrected chi connectivity index (χ0v) is 16.6. The van der Waals surface area contributed by atoms with Crippen LogP contribution in [0.25, 0.3) is 0 Å². The summed E-state index contributed by atoms with van der Waals surface area (Å²) in [6.07, 6.45) is -1.68. The average Bonchev–Trinajstić information content (AvgIpc) is 2.61. The second kappa shape index (κ2) is 9.30. The van der Waals surface area contributed by atoms with E-state index < -0.39 is 11.7 Å². The van der Waals surface area contributed by atoms with Crippen LogP contribution in [-0.4, -0.2) is 38.5 Å². The highest BCUT2D eigenvalue weighted by molar-refractivity contribution is 5.80. The summed E-state index contributed by atoms with van der Waals surface area (Å²) in [5.74, 6) is 0.489. The molecule has 2 rings (SSSR count). The van der Waals surface area contributed by atoms with E-state index in [1.54, 1.807) is 13.1 Å². The number of guanidine groups is 1. The molecule has 1 aromatic rings. The quantitative estimate of drug-likeness (QED) is 0.376. The largest absolute Gasteiger partial charge is 0.416 e. The van der Waals surface area contributed by atoms with E-state index in [4.69, 9.17) is 0 Å². The lowest BCUT2D eigenvalue weighted by molar-refractivity contribution is -0.137. The molecule has 0 spiro atoms. The Kier molecular flexibility index (Phi) is 7.32. The van der Waals surface area contributed by atoms with Crippen LogP contribution in [0.15, 0.2) is 29.3 Å². The van der Waals surface area contributed by atoms with Gasteiger partial charge in [-0.05, 0) is 24.5 Å². The molecule has 0 radical (unpaired) electrons. The Bertz CT molecular complexity index is 697. The molecule has 0 heterocycles. The van der Waals surface area contributed by atoms with Crippen molar-refractivity contribution in [2.24, 2.45) is 10.9 Å². The maximum absolute atomic E-state index is 13.1. The fourth-order valence-corrected chi connectivity index (χ4v) is 3.24. The van der Waals surface area contributed by atoms with Gasteiger partial charge in [-0.15, -0.1) is 0 Å². The summed E-state index contributed by atoms with van der Waals surface area (Å²) in [5.41, 5.74) is -0.217. The van der Waals surface area contributed by atoms with Crippen molar-refractivity contribution in [3.63, 3.8) is 0 Å². The Labute approximate surface area is 164 Å². The van der Waals surface area contributed by atoms with E-state index in [0.29, 0.717) is 31.2 Å². The molecule has 1 aromatic carbocycles. The van der Waals surface area contributed by atoms with Crippen LogP contribution in [-0.2, 0) is 16.4 Å². The third-order valence-corrected chi connectivity index (χ3v) is 5.17. The SMILES string of the molecule is CN=C(NCCNC(=O)C(C)C)NCC1(c2cccc(C(F)(F)F)c2)CCC1. The summed E-state index contributed by atoms with van der Waals surface area (Å²) < 4.78 is 39.2. The molecule has 1 aliphatic carbocycles. The van der Waals surface area contributed by atoms with Gasteiger partial charge in [-0.2, -0.15) is 13.2 Å². The molecule has 1 fully saturated rings. The predicted octanol–water partition coefficient (Wildman–Crippen LogP) is 3.06. The van der Waals surface area contributed by atoms with Crippen LogP contribution in [0.4, 0.5) is 13.2 Å². The van der Waals surface area contributed by atoms with Gasteiger partial charge in [-0.1, -0.05) is 38.5 Å². The summed E-state index contributed by atoms with van der Waals surface area (Å²) in [7, 11) is 1.64. The van der Waals surface area contributed by atoms with Crippen molar-refractivity contribution in [1.82, 2.24) is 16.0 Å². The third-order valence-electron chi connectivity index (χ3n) is 5.17. The lowest BCUT2D eigenvalue weighted by Crippen LogP contribution is -2.50. The standard InChI is InChI=1S/C20H29F3N4O/c1-14(2)17(28)25-10-11-26-18(24-3)27-13-19(8-5-9-19)15-6-4-7-16(12-15)20(21,22)23/h4,6-7,12,14H,5,8-11,13H2,1-3H3,(H,25,28)(H2,24,26,27). The number of halogens is 3. The number of carbonyl (C=O) groups excluding carboxylic acids is 1. The van der Waals surface area contributed by atoms with Gasteiger partial charge >= 0.3 is 6.18 Å². The van der Waals surface area contributed by atoms with E-state index in [9.17, 15) is 18.0 Å². The molecule has 28 heavy (non-hydrogen) atoms. The highest BCUT2D eigenvalue weighted by Crippen LogP contribution is 2.44. The van der Waals surface area contributed by atoms with E-state index in [0.717, 1.165) is 25.3 Å². The van der Waals surface area contributed by atoms with Gasteiger partial charge in [0.25, 0.3) is 0 Å². The van der Waals surface area contributed by atoms with Gasteiger partial charge in [0.05, 0.1) is 5.56 Å². The number of nitrogens with one attached hydrogen (secondary N) is 3. The fraction of sp³-hybridized carbons (Fsp3) is 0.600. The number of hydrogen-bond acceptors (Lipinski definition) is 2. The highest BCUT2D eigenvalue weighted by Gasteiger charge is 2.40. The first-order valence-corrected chi connectivity index (χ1v) is 9.58. The van der Waals surface area contributed by atoms with Gasteiger partial charge in [-0.3, -0.25) is 9.79 Å². The number of benzene rings is 1. The second-order valence-corrected chi connectivity index (χ2v) is 7.51. The molecule has 0 aromatic heterocycles. The molecule has 3 N–H and O–H groups in total. The van der Waals surface area contributed by atoms with Crippen molar-refractivity contribution in [3.8, 4) is 0 Å². The van der Waals surface area contributed by atoms with E-state index >= 15 is 0 Å². The summed E-state index contributed by atoms with van der Waals surface area (Å²) in [6.45, 7) is 5.14. The normalized spacial score (nSPS) is 16.5. The Hall–Kier alpha value is -2.25. The molecular weight excluding hydrogens is 369 g/mol. The van der Waals surface area contributed by atoms with Crippen molar-refractivity contribution in [1.29, 1.82) is 0 Å². The van der Waals surface area contributed by atoms with E-state index in [-0.39, 0.29) is 17.2 Å². The van der Waals surface area contributed by atoms with Crippen LogP contribution in [0.3, 0.4) is 0 Å². The van der Waals surface area contributed by atoms with Crippen LogP contribution in [0.2, 0.25) is 0 Å². The minimum Gasteiger partial charge on any atom is -0.356 e. The minimum absolute atomic E-state index is 0.0114. The van der Waals surface area contributed by atoms with Gasteiger partial charge in [0.2, 0.25) is 5.91 Å². The minimum atomic E-state index is -4.34. The molecule has 156 valence electrons. The summed E-state index contributed by atoms with van der Waals surface area (Å²) in [5, 5.41) is 9.15. The van der Waals surface area contributed by atoms with Crippen molar-refractivity contribution in [3.05, 3.63) is 35.4 Å². The molecule has 0 saturated heterocycles. The van der Waals surface area contributed by atoms with Gasteiger partial charge in [0.1, 0.15) is 0 Å². The number of alkyl halides is 3. The molecule has 0 aliphatic heterocycles. The molecular formula is C20H29F3N4O. The van der Waals surface area contributed by atoms with Crippen molar-refractivity contribution >= 4 is 11.9 Å². The van der Waals surface area contributed by atoms with Crippen LogP contribution in [0.1, 0.15) is 44.2 Å². The Balaban J connectivity index is 1.92. The summed E-state index contributed by atoms with van der Waals surface area (Å²) >= 11 is 0. The fourth-order valence-electron chi connectivity index (χ4n) is 3.24. The Morgan fingerprint density at radius 1 is 1.18 bits per heavy atom. The number of rotatable bonds is 7. The number of hydrogen-bond donors (Lipinski definition) is 3. The Morgan fingerprint density at radius 2 is 1.86 bits per heavy atom. The molecule has 1 aliphatic rings. The van der Waals surface area contributed by atoms with Gasteiger partial charge < -0.3 is 16.0 Å². The van der Waals surface area contributed by atoms with Crippen LogP contribution >= 0.6 is 0 Å². The monoisotopic (exact) mass is 398 g/mol.